The number of carboxylic acid groups (broad SMARTS) is 1. The molecule has 2 heterocycles. The molecule has 0 aliphatic heterocycles. The SMILES string of the molecule is CCCC(CC(=O)Nc1sccc1C(=O)O)n1ccnc1. The molecule has 0 saturated heterocycles. The lowest BCUT2D eigenvalue weighted by molar-refractivity contribution is -0.117. The van der Waals surface area contributed by atoms with Gasteiger partial charge >= 0.3 is 5.97 Å². The van der Waals surface area contributed by atoms with E-state index >= 15 is 0 Å². The van der Waals surface area contributed by atoms with Gasteiger partial charge in [-0.3, -0.25) is 4.79 Å². The van der Waals surface area contributed by atoms with Crippen LogP contribution in [0.3, 0.4) is 0 Å². The van der Waals surface area contributed by atoms with Gasteiger partial charge in [0.2, 0.25) is 5.91 Å². The standard InChI is InChI=1S/C14H17N3O3S/c1-2-3-10(17-6-5-15-9-17)8-12(18)16-13-11(14(19)20)4-7-21-13/h4-7,9-10H,2-3,8H2,1H3,(H,16,18)(H,19,20). The fraction of sp³-hybridized carbons (Fsp3) is 0.357. The van der Waals surface area contributed by atoms with Gasteiger partial charge in [0.25, 0.3) is 0 Å². The van der Waals surface area contributed by atoms with Gasteiger partial charge in [-0.05, 0) is 17.9 Å². The summed E-state index contributed by atoms with van der Waals surface area (Å²) < 4.78 is 1.91. The molecule has 1 unspecified atom stereocenters. The van der Waals surface area contributed by atoms with E-state index in [-0.39, 0.29) is 17.5 Å². The average molecular weight is 307 g/mol. The number of imidazole rings is 1. The van der Waals surface area contributed by atoms with Gasteiger partial charge in [-0.25, -0.2) is 9.78 Å². The van der Waals surface area contributed by atoms with Crippen LogP contribution < -0.4 is 5.32 Å². The smallest absolute Gasteiger partial charge is 0.338 e. The number of hydrogen-bond acceptors (Lipinski definition) is 4. The molecule has 0 saturated carbocycles. The van der Waals surface area contributed by atoms with Crippen molar-refractivity contribution < 1.29 is 14.7 Å². The lowest BCUT2D eigenvalue weighted by Gasteiger charge is -2.17. The van der Waals surface area contributed by atoms with Crippen molar-refractivity contribution in [3.8, 4) is 0 Å². The van der Waals surface area contributed by atoms with Crippen molar-refractivity contribution in [2.45, 2.75) is 32.2 Å². The van der Waals surface area contributed by atoms with Gasteiger partial charge in [0.05, 0.1) is 11.9 Å². The van der Waals surface area contributed by atoms with Gasteiger partial charge in [0.1, 0.15) is 5.00 Å². The summed E-state index contributed by atoms with van der Waals surface area (Å²) >= 11 is 1.21. The second-order valence-corrected chi connectivity index (χ2v) is 5.59. The van der Waals surface area contributed by atoms with Crippen LogP contribution >= 0.6 is 11.3 Å². The predicted molar refractivity (Wildman–Crippen MR) is 80.7 cm³/mol. The van der Waals surface area contributed by atoms with Crippen LogP contribution in [0, 0.1) is 0 Å². The second-order valence-electron chi connectivity index (χ2n) is 4.67. The summed E-state index contributed by atoms with van der Waals surface area (Å²) in [6.07, 6.45) is 7.32. The minimum Gasteiger partial charge on any atom is -0.478 e. The molecule has 21 heavy (non-hydrogen) atoms. The first-order chi connectivity index (χ1) is 10.1. The predicted octanol–water partition coefficient (Wildman–Crippen LogP) is 3.01. The number of carboxylic acids is 1. The summed E-state index contributed by atoms with van der Waals surface area (Å²) in [6.45, 7) is 2.06. The fourth-order valence-electron chi connectivity index (χ4n) is 2.14. The molecule has 0 radical (unpaired) electrons. The number of anilines is 1. The third-order valence-electron chi connectivity index (χ3n) is 3.14. The highest BCUT2D eigenvalue weighted by Gasteiger charge is 2.18. The van der Waals surface area contributed by atoms with Gasteiger partial charge in [0.15, 0.2) is 0 Å². The zero-order valence-electron chi connectivity index (χ0n) is 11.7. The molecular formula is C14H17N3O3S. The van der Waals surface area contributed by atoms with E-state index < -0.39 is 5.97 Å². The van der Waals surface area contributed by atoms with Crippen LogP contribution in [-0.4, -0.2) is 26.5 Å². The van der Waals surface area contributed by atoms with Gasteiger partial charge in [-0.2, -0.15) is 0 Å². The quantitative estimate of drug-likeness (QED) is 0.823. The molecule has 112 valence electrons. The Hall–Kier alpha value is -2.15. The number of carbonyl (C=O) groups is 2. The second kappa shape index (κ2) is 7.03. The van der Waals surface area contributed by atoms with Crippen molar-refractivity contribution in [2.75, 3.05) is 5.32 Å². The van der Waals surface area contributed by atoms with Crippen molar-refractivity contribution >= 4 is 28.2 Å². The molecule has 0 spiro atoms. The number of nitrogens with one attached hydrogen (secondary N) is 1. The Bertz CT molecular complexity index is 607. The minimum absolute atomic E-state index is 0.0331. The van der Waals surface area contributed by atoms with Crippen LogP contribution in [-0.2, 0) is 4.79 Å². The van der Waals surface area contributed by atoms with Crippen molar-refractivity contribution in [3.63, 3.8) is 0 Å². The van der Waals surface area contributed by atoms with Crippen LogP contribution in [0.1, 0.15) is 42.6 Å². The molecule has 0 aliphatic carbocycles. The van der Waals surface area contributed by atoms with E-state index in [9.17, 15) is 9.59 Å². The number of thiophene rings is 1. The van der Waals surface area contributed by atoms with Crippen molar-refractivity contribution in [1.82, 2.24) is 9.55 Å². The highest BCUT2D eigenvalue weighted by molar-refractivity contribution is 7.14. The topological polar surface area (TPSA) is 84.2 Å². The summed E-state index contributed by atoms with van der Waals surface area (Å²) in [5, 5.41) is 13.7. The van der Waals surface area contributed by atoms with Crippen LogP contribution in [0.25, 0.3) is 0 Å². The van der Waals surface area contributed by atoms with E-state index in [1.807, 2.05) is 10.8 Å². The Morgan fingerprint density at radius 3 is 2.95 bits per heavy atom. The number of carbonyl (C=O) groups excluding carboxylic acids is 1. The number of aromatic carboxylic acids is 1. The Morgan fingerprint density at radius 1 is 1.52 bits per heavy atom. The normalized spacial score (nSPS) is 12.0. The third kappa shape index (κ3) is 3.91. The van der Waals surface area contributed by atoms with Crippen LogP contribution in [0.2, 0.25) is 0 Å². The number of hydrogen-bond donors (Lipinski definition) is 2. The van der Waals surface area contributed by atoms with Crippen LogP contribution in [0.15, 0.2) is 30.2 Å². The first kappa shape index (κ1) is 15.2. The zero-order valence-corrected chi connectivity index (χ0v) is 12.5. The van der Waals surface area contributed by atoms with Crippen molar-refractivity contribution in [3.05, 3.63) is 35.7 Å². The molecule has 0 aliphatic rings. The number of amides is 1. The molecule has 2 rings (SSSR count). The van der Waals surface area contributed by atoms with E-state index in [0.717, 1.165) is 12.8 Å². The summed E-state index contributed by atoms with van der Waals surface area (Å²) in [6, 6.07) is 1.52. The Morgan fingerprint density at radius 2 is 2.33 bits per heavy atom. The number of aromatic nitrogens is 2. The maximum Gasteiger partial charge on any atom is 0.338 e. The van der Waals surface area contributed by atoms with Crippen molar-refractivity contribution in [2.24, 2.45) is 0 Å². The molecule has 2 aromatic rings. The monoisotopic (exact) mass is 307 g/mol. The summed E-state index contributed by atoms with van der Waals surface area (Å²) in [5.74, 6) is -1.22. The molecule has 1 atom stereocenters. The largest absolute Gasteiger partial charge is 0.478 e. The molecule has 0 aromatic carbocycles. The van der Waals surface area contributed by atoms with Crippen molar-refractivity contribution in [1.29, 1.82) is 0 Å². The maximum absolute atomic E-state index is 12.1. The lowest BCUT2D eigenvalue weighted by Crippen LogP contribution is -2.19. The fourth-order valence-corrected chi connectivity index (χ4v) is 2.94. The molecule has 0 fully saturated rings. The number of rotatable bonds is 7. The Labute approximate surface area is 126 Å². The average Bonchev–Trinajstić information content (AvgIpc) is 3.08. The highest BCUT2D eigenvalue weighted by Crippen LogP contribution is 2.25. The number of nitrogens with zero attached hydrogens (tertiary/aromatic N) is 2. The summed E-state index contributed by atoms with van der Waals surface area (Å²) in [7, 11) is 0. The molecule has 2 aromatic heterocycles. The minimum atomic E-state index is -1.04. The van der Waals surface area contributed by atoms with E-state index in [1.54, 1.807) is 17.9 Å². The molecule has 1 amide bonds. The first-order valence-electron chi connectivity index (χ1n) is 6.70. The van der Waals surface area contributed by atoms with Gasteiger partial charge in [-0.1, -0.05) is 13.3 Å². The maximum atomic E-state index is 12.1. The molecule has 7 heteroatoms. The third-order valence-corrected chi connectivity index (χ3v) is 3.97. The van der Waals surface area contributed by atoms with E-state index in [4.69, 9.17) is 5.11 Å². The highest BCUT2D eigenvalue weighted by atomic mass is 32.1. The van der Waals surface area contributed by atoms with Gasteiger partial charge in [0, 0.05) is 24.9 Å². The molecule has 2 N–H and O–H groups in total. The van der Waals surface area contributed by atoms with Crippen LogP contribution in [0.4, 0.5) is 5.00 Å². The van der Waals surface area contributed by atoms with E-state index in [1.165, 1.54) is 17.4 Å². The van der Waals surface area contributed by atoms with Gasteiger partial charge < -0.3 is 15.0 Å². The van der Waals surface area contributed by atoms with E-state index in [2.05, 4.69) is 17.2 Å². The van der Waals surface area contributed by atoms with E-state index in [0.29, 0.717) is 11.4 Å². The molecule has 6 nitrogen and oxygen atoms in total. The Balaban J connectivity index is 2.02. The zero-order chi connectivity index (χ0) is 15.2. The first-order valence-corrected chi connectivity index (χ1v) is 7.57. The molecule has 0 bridgehead atoms. The summed E-state index contributed by atoms with van der Waals surface area (Å²) in [5.41, 5.74) is 0.128. The van der Waals surface area contributed by atoms with Crippen LogP contribution in [0.5, 0.6) is 0 Å². The molecular weight excluding hydrogens is 290 g/mol. The lowest BCUT2D eigenvalue weighted by atomic mass is 10.1. The van der Waals surface area contributed by atoms with Gasteiger partial charge in [-0.15, -0.1) is 11.3 Å². The summed E-state index contributed by atoms with van der Waals surface area (Å²) in [4.78, 5) is 27.2. The Kier molecular flexibility index (Phi) is 5.10.